The summed E-state index contributed by atoms with van der Waals surface area (Å²) in [6, 6.07) is 0. The van der Waals surface area contributed by atoms with Crippen molar-refractivity contribution in [2.24, 2.45) is 5.73 Å². The molecule has 0 aromatic rings. The Morgan fingerprint density at radius 3 is 1.89 bits per heavy atom. The Labute approximate surface area is 119 Å². The summed E-state index contributed by atoms with van der Waals surface area (Å²) in [5.41, 5.74) is 6.29. The molecule has 0 aromatic heterocycles. The predicted octanol–water partition coefficient (Wildman–Crippen LogP) is 5.12. The molecule has 112 valence electrons. The molecule has 0 heterocycles. The molecule has 2 heteroatoms. The van der Waals surface area contributed by atoms with Gasteiger partial charge in [-0.1, -0.05) is 71.3 Å². The van der Waals surface area contributed by atoms with Crippen molar-refractivity contribution in [2.45, 2.75) is 90.9 Å². The highest BCUT2D eigenvalue weighted by atomic mass is 16.1. The second kappa shape index (κ2) is 13.6. The molecule has 0 saturated heterocycles. The molecule has 1 amide bonds. The largest absolute Gasteiger partial charge is 0.366 e. The predicted molar refractivity (Wildman–Crippen MR) is 84.0 cm³/mol. The Balaban J connectivity index is 3.74. The first-order chi connectivity index (χ1) is 9.22. The highest BCUT2D eigenvalue weighted by Gasteiger charge is 2.03. The number of nitrogens with two attached hydrogens (primary N) is 1. The van der Waals surface area contributed by atoms with Gasteiger partial charge in [-0.2, -0.15) is 0 Å². The minimum Gasteiger partial charge on any atom is -0.366 e. The van der Waals surface area contributed by atoms with Gasteiger partial charge >= 0.3 is 0 Å². The first-order valence-corrected chi connectivity index (χ1v) is 8.21. The van der Waals surface area contributed by atoms with Crippen molar-refractivity contribution in [2.75, 3.05) is 0 Å². The molecule has 0 saturated carbocycles. The molecule has 0 aliphatic rings. The molecular formula is C17H33NO. The van der Waals surface area contributed by atoms with Crippen molar-refractivity contribution >= 4 is 5.91 Å². The molecule has 0 aliphatic heterocycles. The molecule has 0 unspecified atom stereocenters. The van der Waals surface area contributed by atoms with Gasteiger partial charge in [0, 0.05) is 5.57 Å². The Morgan fingerprint density at radius 1 is 0.842 bits per heavy atom. The minimum absolute atomic E-state index is 0.218. The summed E-state index contributed by atoms with van der Waals surface area (Å²) < 4.78 is 0. The van der Waals surface area contributed by atoms with Gasteiger partial charge in [0.2, 0.25) is 5.91 Å². The molecule has 2 N–H and O–H groups in total. The van der Waals surface area contributed by atoms with Gasteiger partial charge in [-0.25, -0.2) is 0 Å². The monoisotopic (exact) mass is 267 g/mol. The van der Waals surface area contributed by atoms with Crippen molar-refractivity contribution in [3.8, 4) is 0 Å². The highest BCUT2D eigenvalue weighted by Crippen LogP contribution is 2.13. The molecule has 0 spiro atoms. The molecule has 0 atom stereocenters. The molecule has 19 heavy (non-hydrogen) atoms. The van der Waals surface area contributed by atoms with Crippen molar-refractivity contribution in [3.05, 3.63) is 11.6 Å². The number of primary amides is 1. The van der Waals surface area contributed by atoms with Crippen LogP contribution in [0, 0.1) is 0 Å². The molecule has 0 rings (SSSR count). The molecule has 2 nitrogen and oxygen atoms in total. The molecule has 0 aromatic carbocycles. The smallest absolute Gasteiger partial charge is 0.244 e. The minimum atomic E-state index is -0.218. The number of amides is 1. The lowest BCUT2D eigenvalue weighted by molar-refractivity contribution is -0.114. The van der Waals surface area contributed by atoms with Gasteiger partial charge in [0.05, 0.1) is 0 Å². The van der Waals surface area contributed by atoms with E-state index in [1.54, 1.807) is 0 Å². The summed E-state index contributed by atoms with van der Waals surface area (Å²) in [7, 11) is 0. The van der Waals surface area contributed by atoms with Crippen LogP contribution in [0.1, 0.15) is 90.9 Å². The summed E-state index contributed by atoms with van der Waals surface area (Å²) in [6.45, 7) is 4.44. The Kier molecular flexibility index (Phi) is 13.1. The van der Waals surface area contributed by atoms with Crippen LogP contribution in [0.5, 0.6) is 0 Å². The van der Waals surface area contributed by atoms with Crippen LogP contribution in [0.2, 0.25) is 0 Å². The van der Waals surface area contributed by atoms with Crippen LogP contribution in [0.4, 0.5) is 0 Å². The summed E-state index contributed by atoms with van der Waals surface area (Å²) >= 11 is 0. The zero-order chi connectivity index (χ0) is 14.3. The van der Waals surface area contributed by atoms with Gasteiger partial charge in [-0.3, -0.25) is 4.79 Å². The third-order valence-corrected chi connectivity index (χ3v) is 3.56. The Morgan fingerprint density at radius 2 is 1.37 bits per heavy atom. The lowest BCUT2D eigenvalue weighted by Crippen LogP contribution is -2.14. The van der Waals surface area contributed by atoms with E-state index in [1.165, 1.54) is 57.8 Å². The molecule has 0 bridgehead atoms. The number of unbranched alkanes of at least 4 members (excludes halogenated alkanes) is 9. The topological polar surface area (TPSA) is 43.1 Å². The Hall–Kier alpha value is -0.790. The van der Waals surface area contributed by atoms with Crippen LogP contribution in [0.25, 0.3) is 0 Å². The van der Waals surface area contributed by atoms with E-state index >= 15 is 0 Å². The molecular weight excluding hydrogens is 234 g/mol. The fraction of sp³-hybridized carbons (Fsp3) is 0.824. The van der Waals surface area contributed by atoms with Gasteiger partial charge in [0.1, 0.15) is 0 Å². The normalized spacial score (nSPS) is 11.8. The SMILES string of the molecule is CCCCCCCC=C(CCCCCCC)C(N)=O. The molecule has 0 aliphatic carbocycles. The maximum absolute atomic E-state index is 11.3. The average Bonchev–Trinajstić information content (AvgIpc) is 2.39. The van der Waals surface area contributed by atoms with Crippen molar-refractivity contribution < 1.29 is 4.79 Å². The van der Waals surface area contributed by atoms with Crippen molar-refractivity contribution in [3.63, 3.8) is 0 Å². The van der Waals surface area contributed by atoms with E-state index in [-0.39, 0.29) is 5.91 Å². The third-order valence-electron chi connectivity index (χ3n) is 3.56. The second-order valence-electron chi connectivity index (χ2n) is 5.46. The maximum Gasteiger partial charge on any atom is 0.244 e. The van der Waals surface area contributed by atoms with Crippen molar-refractivity contribution in [1.29, 1.82) is 0 Å². The number of rotatable bonds is 13. The second-order valence-corrected chi connectivity index (χ2v) is 5.46. The zero-order valence-electron chi connectivity index (χ0n) is 13.0. The first-order valence-electron chi connectivity index (χ1n) is 8.21. The first kappa shape index (κ1) is 18.2. The van der Waals surface area contributed by atoms with E-state index < -0.39 is 0 Å². The summed E-state index contributed by atoms with van der Waals surface area (Å²) in [5.74, 6) is -0.218. The van der Waals surface area contributed by atoms with E-state index in [0.717, 1.165) is 24.8 Å². The average molecular weight is 267 g/mol. The quantitative estimate of drug-likeness (QED) is 0.365. The zero-order valence-corrected chi connectivity index (χ0v) is 13.0. The van der Waals surface area contributed by atoms with Crippen LogP contribution >= 0.6 is 0 Å². The number of carbonyl (C=O) groups excluding carboxylic acids is 1. The van der Waals surface area contributed by atoms with Crippen LogP contribution in [0.3, 0.4) is 0 Å². The van der Waals surface area contributed by atoms with E-state index in [2.05, 4.69) is 19.9 Å². The molecule has 0 radical (unpaired) electrons. The Bertz CT molecular complexity index is 246. The van der Waals surface area contributed by atoms with E-state index in [1.807, 2.05) is 0 Å². The standard InChI is InChI=1S/C17H33NO/c1-3-5-7-9-11-13-15-16(17(18)19)14-12-10-8-6-4-2/h15H,3-14H2,1-2H3,(H2,18,19). The van der Waals surface area contributed by atoms with Crippen LogP contribution in [-0.4, -0.2) is 5.91 Å². The number of hydrogen-bond acceptors (Lipinski definition) is 1. The number of allylic oxidation sites excluding steroid dienone is 1. The third kappa shape index (κ3) is 12.0. The lowest BCUT2D eigenvalue weighted by atomic mass is 10.0. The van der Waals surface area contributed by atoms with Gasteiger partial charge in [-0.05, 0) is 25.7 Å². The lowest BCUT2D eigenvalue weighted by Gasteiger charge is -2.04. The van der Waals surface area contributed by atoms with Crippen LogP contribution in [0.15, 0.2) is 11.6 Å². The van der Waals surface area contributed by atoms with E-state index in [9.17, 15) is 4.79 Å². The summed E-state index contributed by atoms with van der Waals surface area (Å²) in [6.07, 6.45) is 16.5. The van der Waals surface area contributed by atoms with Gasteiger partial charge in [0.15, 0.2) is 0 Å². The van der Waals surface area contributed by atoms with Crippen molar-refractivity contribution in [1.82, 2.24) is 0 Å². The summed E-state index contributed by atoms with van der Waals surface area (Å²) in [5, 5.41) is 0. The van der Waals surface area contributed by atoms with E-state index in [0.29, 0.717) is 0 Å². The van der Waals surface area contributed by atoms with Crippen LogP contribution in [-0.2, 0) is 4.79 Å². The summed E-state index contributed by atoms with van der Waals surface area (Å²) in [4.78, 5) is 11.3. The maximum atomic E-state index is 11.3. The molecule has 0 fully saturated rings. The number of hydrogen-bond donors (Lipinski definition) is 1. The fourth-order valence-electron chi connectivity index (χ4n) is 2.27. The van der Waals surface area contributed by atoms with E-state index in [4.69, 9.17) is 5.73 Å². The van der Waals surface area contributed by atoms with Crippen LogP contribution < -0.4 is 5.73 Å². The van der Waals surface area contributed by atoms with Gasteiger partial charge in [0.25, 0.3) is 0 Å². The van der Waals surface area contributed by atoms with Gasteiger partial charge < -0.3 is 5.73 Å². The highest BCUT2D eigenvalue weighted by molar-refractivity contribution is 5.91. The number of carbonyl (C=O) groups is 1. The fourth-order valence-corrected chi connectivity index (χ4v) is 2.27. The van der Waals surface area contributed by atoms with Gasteiger partial charge in [-0.15, -0.1) is 0 Å².